The van der Waals surface area contributed by atoms with Crippen molar-refractivity contribution in [2.75, 3.05) is 13.1 Å². The van der Waals surface area contributed by atoms with Crippen molar-refractivity contribution in [3.8, 4) is 0 Å². The number of carbonyl (C=O) groups is 1. The van der Waals surface area contributed by atoms with Crippen LogP contribution in [0, 0.1) is 0 Å². The number of fused-ring (bicyclic) bond motifs is 1. The number of rotatable bonds is 4. The second kappa shape index (κ2) is 7.45. The lowest BCUT2D eigenvalue weighted by Gasteiger charge is -2.19. The Hall–Kier alpha value is -1.81. The minimum atomic E-state index is -0.447. The molecule has 1 heterocycles. The molecule has 1 aromatic carbocycles. The van der Waals surface area contributed by atoms with Crippen molar-refractivity contribution in [3.05, 3.63) is 41.0 Å². The number of amides is 1. The molecule has 120 valence electrons. The fraction of sp³-hybridized carbons (Fsp3) is 0.500. The number of hydrogen-bond donors (Lipinski definition) is 2. The number of alkyl carbamates (subject to hydrolysis) is 1. The molecule has 0 spiro atoms. The van der Waals surface area contributed by atoms with E-state index in [0.29, 0.717) is 6.54 Å². The van der Waals surface area contributed by atoms with Crippen molar-refractivity contribution in [2.24, 2.45) is 0 Å². The zero-order valence-corrected chi connectivity index (χ0v) is 13.7. The van der Waals surface area contributed by atoms with Gasteiger partial charge in [0.15, 0.2) is 0 Å². The molecular formula is C18H26N2O2. The third kappa shape index (κ3) is 5.19. The molecule has 4 heteroatoms. The molecule has 0 saturated heterocycles. The maximum Gasteiger partial charge on any atom is 0.407 e. The van der Waals surface area contributed by atoms with E-state index in [1.54, 1.807) is 0 Å². The molecule has 0 atom stereocenters. The van der Waals surface area contributed by atoms with E-state index in [9.17, 15) is 4.79 Å². The fourth-order valence-corrected chi connectivity index (χ4v) is 2.50. The van der Waals surface area contributed by atoms with Crippen molar-refractivity contribution in [1.29, 1.82) is 0 Å². The van der Waals surface area contributed by atoms with Crippen LogP contribution in [-0.4, -0.2) is 24.8 Å². The van der Waals surface area contributed by atoms with Gasteiger partial charge in [0, 0.05) is 13.1 Å². The number of nitrogens with one attached hydrogen (secondary N) is 2. The van der Waals surface area contributed by atoms with Gasteiger partial charge in [-0.3, -0.25) is 0 Å². The first-order valence-electron chi connectivity index (χ1n) is 7.90. The Balaban J connectivity index is 1.80. The Kier molecular flexibility index (Phi) is 5.61. The third-order valence-corrected chi connectivity index (χ3v) is 3.45. The van der Waals surface area contributed by atoms with E-state index in [1.165, 1.54) is 16.7 Å². The summed E-state index contributed by atoms with van der Waals surface area (Å²) >= 11 is 0. The summed E-state index contributed by atoms with van der Waals surface area (Å²) in [4.78, 5) is 11.5. The van der Waals surface area contributed by atoms with Crippen LogP contribution in [0.1, 0.15) is 43.9 Å². The van der Waals surface area contributed by atoms with Crippen LogP contribution in [0.25, 0.3) is 6.08 Å². The second-order valence-electron chi connectivity index (χ2n) is 6.53. The Bertz CT molecular complexity index is 545. The lowest BCUT2D eigenvalue weighted by Crippen LogP contribution is -2.32. The zero-order chi connectivity index (χ0) is 16.0. The Morgan fingerprint density at radius 1 is 1.41 bits per heavy atom. The molecule has 0 bridgehead atoms. The first kappa shape index (κ1) is 16.6. The monoisotopic (exact) mass is 302 g/mol. The molecule has 0 aromatic heterocycles. The molecule has 22 heavy (non-hydrogen) atoms. The SMILES string of the molecule is CC(C)(C)OC(=O)NCCC=Cc1cccc2c1CCNC2. The van der Waals surface area contributed by atoms with E-state index in [2.05, 4.69) is 41.0 Å². The van der Waals surface area contributed by atoms with E-state index in [4.69, 9.17) is 4.74 Å². The standard InChI is InChI=1S/C18H26N2O2/c1-18(2,3)22-17(21)20-11-5-4-7-14-8-6-9-15-13-19-12-10-16(14)15/h4,6-9,19H,5,10-13H2,1-3H3,(H,20,21). The van der Waals surface area contributed by atoms with Gasteiger partial charge in [0.2, 0.25) is 0 Å². The van der Waals surface area contributed by atoms with Gasteiger partial charge in [-0.15, -0.1) is 0 Å². The van der Waals surface area contributed by atoms with Gasteiger partial charge >= 0.3 is 6.09 Å². The molecule has 1 aromatic rings. The summed E-state index contributed by atoms with van der Waals surface area (Å²) in [7, 11) is 0. The minimum Gasteiger partial charge on any atom is -0.444 e. The van der Waals surface area contributed by atoms with Crippen LogP contribution >= 0.6 is 0 Å². The highest BCUT2D eigenvalue weighted by Gasteiger charge is 2.15. The van der Waals surface area contributed by atoms with Crippen LogP contribution in [0.5, 0.6) is 0 Å². The smallest absolute Gasteiger partial charge is 0.407 e. The van der Waals surface area contributed by atoms with Crippen molar-refractivity contribution in [2.45, 2.75) is 45.8 Å². The van der Waals surface area contributed by atoms with Gasteiger partial charge in [-0.2, -0.15) is 0 Å². The summed E-state index contributed by atoms with van der Waals surface area (Å²) in [6, 6.07) is 6.44. The van der Waals surface area contributed by atoms with Crippen LogP contribution in [0.4, 0.5) is 4.79 Å². The Morgan fingerprint density at radius 3 is 3.00 bits per heavy atom. The lowest BCUT2D eigenvalue weighted by atomic mass is 9.95. The zero-order valence-electron chi connectivity index (χ0n) is 13.7. The summed E-state index contributed by atoms with van der Waals surface area (Å²) in [5.74, 6) is 0. The van der Waals surface area contributed by atoms with E-state index in [-0.39, 0.29) is 6.09 Å². The van der Waals surface area contributed by atoms with Gasteiger partial charge in [-0.25, -0.2) is 4.79 Å². The molecule has 0 fully saturated rings. The fourth-order valence-electron chi connectivity index (χ4n) is 2.50. The van der Waals surface area contributed by atoms with Crippen molar-refractivity contribution in [1.82, 2.24) is 10.6 Å². The van der Waals surface area contributed by atoms with E-state index >= 15 is 0 Å². The normalized spacial score (nSPS) is 14.7. The highest BCUT2D eigenvalue weighted by atomic mass is 16.6. The predicted octanol–water partition coefficient (Wildman–Crippen LogP) is 3.26. The first-order valence-corrected chi connectivity index (χ1v) is 7.90. The van der Waals surface area contributed by atoms with Crippen LogP contribution < -0.4 is 10.6 Å². The highest BCUT2D eigenvalue weighted by Crippen LogP contribution is 2.19. The van der Waals surface area contributed by atoms with Crippen LogP contribution in [0.2, 0.25) is 0 Å². The Labute approximate surface area is 132 Å². The summed E-state index contributed by atoms with van der Waals surface area (Å²) in [6.07, 6.45) is 5.77. The molecule has 1 amide bonds. The van der Waals surface area contributed by atoms with E-state index in [0.717, 1.165) is 25.9 Å². The van der Waals surface area contributed by atoms with Crippen molar-refractivity contribution in [3.63, 3.8) is 0 Å². The molecule has 2 rings (SSSR count). The summed E-state index contributed by atoms with van der Waals surface area (Å²) in [5, 5.41) is 6.16. The second-order valence-corrected chi connectivity index (χ2v) is 6.53. The van der Waals surface area contributed by atoms with Gasteiger partial charge in [-0.1, -0.05) is 30.4 Å². The maximum absolute atomic E-state index is 11.5. The van der Waals surface area contributed by atoms with Gasteiger partial charge in [0.1, 0.15) is 5.60 Å². The molecule has 0 aliphatic carbocycles. The van der Waals surface area contributed by atoms with Gasteiger partial charge < -0.3 is 15.4 Å². The van der Waals surface area contributed by atoms with Gasteiger partial charge in [-0.05, 0) is 56.8 Å². The molecule has 1 aliphatic rings. The largest absolute Gasteiger partial charge is 0.444 e. The average molecular weight is 302 g/mol. The molecule has 1 aliphatic heterocycles. The first-order chi connectivity index (χ1) is 10.5. The molecule has 4 nitrogen and oxygen atoms in total. The van der Waals surface area contributed by atoms with E-state index in [1.807, 2.05) is 20.8 Å². The maximum atomic E-state index is 11.5. The van der Waals surface area contributed by atoms with Crippen molar-refractivity contribution >= 4 is 12.2 Å². The summed E-state index contributed by atoms with van der Waals surface area (Å²) in [5.41, 5.74) is 3.67. The number of carbonyl (C=O) groups excluding carboxylic acids is 1. The predicted molar refractivity (Wildman–Crippen MR) is 89.7 cm³/mol. The number of benzene rings is 1. The average Bonchev–Trinajstić information content (AvgIpc) is 2.45. The third-order valence-electron chi connectivity index (χ3n) is 3.45. The lowest BCUT2D eigenvalue weighted by molar-refractivity contribution is 0.0529. The molecular weight excluding hydrogens is 276 g/mol. The summed E-state index contributed by atoms with van der Waals surface area (Å²) < 4.78 is 5.20. The number of hydrogen-bond acceptors (Lipinski definition) is 3. The van der Waals surface area contributed by atoms with Crippen LogP contribution in [0.15, 0.2) is 24.3 Å². The quantitative estimate of drug-likeness (QED) is 0.839. The minimum absolute atomic E-state index is 0.357. The molecule has 0 radical (unpaired) electrons. The molecule has 2 N–H and O–H groups in total. The molecule has 0 unspecified atom stereocenters. The van der Waals surface area contributed by atoms with Crippen molar-refractivity contribution < 1.29 is 9.53 Å². The highest BCUT2D eigenvalue weighted by molar-refractivity contribution is 5.67. The topological polar surface area (TPSA) is 50.4 Å². The number of ether oxygens (including phenoxy) is 1. The van der Waals surface area contributed by atoms with Crippen LogP contribution in [-0.2, 0) is 17.7 Å². The Morgan fingerprint density at radius 2 is 2.23 bits per heavy atom. The van der Waals surface area contributed by atoms with Gasteiger partial charge in [0.25, 0.3) is 0 Å². The molecule has 0 saturated carbocycles. The van der Waals surface area contributed by atoms with Crippen LogP contribution in [0.3, 0.4) is 0 Å². The van der Waals surface area contributed by atoms with Gasteiger partial charge in [0.05, 0.1) is 0 Å². The van der Waals surface area contributed by atoms with E-state index < -0.39 is 5.60 Å². The summed E-state index contributed by atoms with van der Waals surface area (Å²) in [6.45, 7) is 8.16.